The van der Waals surface area contributed by atoms with Crippen LogP contribution < -0.4 is 10.1 Å². The number of aromatic nitrogens is 2. The minimum atomic E-state index is -0.157. The van der Waals surface area contributed by atoms with Crippen LogP contribution in [0.25, 0.3) is 0 Å². The van der Waals surface area contributed by atoms with Crippen molar-refractivity contribution >= 4 is 11.8 Å². The number of hydrogen-bond acceptors (Lipinski definition) is 4. The average Bonchev–Trinajstić information content (AvgIpc) is 3.07. The highest BCUT2D eigenvalue weighted by Crippen LogP contribution is 2.35. The number of amides is 2. The maximum Gasteiger partial charge on any atom is 0.323 e. The van der Waals surface area contributed by atoms with Crippen molar-refractivity contribution in [2.75, 3.05) is 19.0 Å². The van der Waals surface area contributed by atoms with E-state index in [9.17, 15) is 4.79 Å². The Morgan fingerprint density at radius 1 is 1.38 bits per heavy atom. The van der Waals surface area contributed by atoms with Gasteiger partial charge in [-0.2, -0.15) is 0 Å². The minimum absolute atomic E-state index is 0.0951. The standard InChI is InChI=1S/C18H22N4O2/c1-12-6-4-7-14(13(12)2)15-8-5-9-22(15)18(23)21-17-16(24-3)10-19-11-20-17/h4,6-7,10-11,15H,5,8-9H2,1-3H3,(H,19,20,21,23). The first-order valence-electron chi connectivity index (χ1n) is 8.09. The molecule has 1 atom stereocenters. The highest BCUT2D eigenvalue weighted by atomic mass is 16.5. The zero-order valence-electron chi connectivity index (χ0n) is 14.2. The van der Waals surface area contributed by atoms with Crippen LogP contribution in [0, 0.1) is 13.8 Å². The second-order valence-corrected chi connectivity index (χ2v) is 6.01. The van der Waals surface area contributed by atoms with Gasteiger partial charge in [-0.15, -0.1) is 0 Å². The van der Waals surface area contributed by atoms with Crippen LogP contribution >= 0.6 is 0 Å². The molecule has 1 fully saturated rings. The first kappa shape index (κ1) is 16.2. The van der Waals surface area contributed by atoms with E-state index in [0.29, 0.717) is 11.6 Å². The van der Waals surface area contributed by atoms with Gasteiger partial charge in [0.2, 0.25) is 0 Å². The molecule has 1 aromatic carbocycles. The van der Waals surface area contributed by atoms with Crippen LogP contribution in [-0.2, 0) is 0 Å². The average molecular weight is 326 g/mol. The second kappa shape index (κ2) is 6.86. The Bertz CT molecular complexity index is 748. The topological polar surface area (TPSA) is 67.4 Å². The van der Waals surface area contributed by atoms with E-state index in [1.165, 1.54) is 36.3 Å². The molecule has 1 aromatic heterocycles. The number of carbonyl (C=O) groups excluding carboxylic acids is 1. The van der Waals surface area contributed by atoms with Crippen molar-refractivity contribution in [2.24, 2.45) is 0 Å². The lowest BCUT2D eigenvalue weighted by molar-refractivity contribution is 0.206. The molecule has 126 valence electrons. The molecule has 1 aliphatic heterocycles. The summed E-state index contributed by atoms with van der Waals surface area (Å²) in [6.45, 7) is 4.95. The molecular weight excluding hydrogens is 304 g/mol. The van der Waals surface area contributed by atoms with Gasteiger partial charge in [0.05, 0.1) is 19.3 Å². The molecule has 2 aromatic rings. The molecule has 0 radical (unpaired) electrons. The molecule has 2 heterocycles. The molecule has 0 saturated carbocycles. The summed E-state index contributed by atoms with van der Waals surface area (Å²) in [7, 11) is 1.53. The van der Waals surface area contributed by atoms with E-state index in [0.717, 1.165) is 19.4 Å². The van der Waals surface area contributed by atoms with Gasteiger partial charge >= 0.3 is 6.03 Å². The summed E-state index contributed by atoms with van der Waals surface area (Å²) in [5, 5.41) is 2.85. The molecule has 3 rings (SSSR count). The molecule has 0 bridgehead atoms. The van der Waals surface area contributed by atoms with Crippen molar-refractivity contribution in [1.29, 1.82) is 0 Å². The quantitative estimate of drug-likeness (QED) is 0.938. The van der Waals surface area contributed by atoms with Crippen LogP contribution in [0.3, 0.4) is 0 Å². The predicted molar refractivity (Wildman–Crippen MR) is 92.2 cm³/mol. The van der Waals surface area contributed by atoms with E-state index >= 15 is 0 Å². The third kappa shape index (κ3) is 3.04. The molecule has 2 amide bonds. The number of methoxy groups -OCH3 is 1. The predicted octanol–water partition coefficient (Wildman–Crippen LogP) is 3.47. The van der Waals surface area contributed by atoms with E-state index in [4.69, 9.17) is 4.74 Å². The number of rotatable bonds is 3. The summed E-state index contributed by atoms with van der Waals surface area (Å²) < 4.78 is 5.20. The summed E-state index contributed by atoms with van der Waals surface area (Å²) in [5.74, 6) is 0.845. The summed E-state index contributed by atoms with van der Waals surface area (Å²) in [5.41, 5.74) is 3.72. The SMILES string of the molecule is COc1cncnc1NC(=O)N1CCCC1c1cccc(C)c1C. The molecular formula is C18H22N4O2. The van der Waals surface area contributed by atoms with Gasteiger partial charge in [0.25, 0.3) is 0 Å². The summed E-state index contributed by atoms with van der Waals surface area (Å²) >= 11 is 0. The molecule has 24 heavy (non-hydrogen) atoms. The zero-order valence-corrected chi connectivity index (χ0v) is 14.2. The van der Waals surface area contributed by atoms with Crippen molar-refractivity contribution in [2.45, 2.75) is 32.7 Å². The van der Waals surface area contributed by atoms with Crippen LogP contribution in [0.15, 0.2) is 30.7 Å². The smallest absolute Gasteiger partial charge is 0.323 e. The molecule has 6 nitrogen and oxygen atoms in total. The van der Waals surface area contributed by atoms with Gasteiger partial charge in [-0.3, -0.25) is 5.32 Å². The molecule has 1 unspecified atom stereocenters. The molecule has 6 heteroatoms. The summed E-state index contributed by atoms with van der Waals surface area (Å²) in [6, 6.07) is 6.21. The third-order valence-corrected chi connectivity index (χ3v) is 4.64. The Morgan fingerprint density at radius 3 is 3.00 bits per heavy atom. The van der Waals surface area contributed by atoms with Gasteiger partial charge in [0, 0.05) is 6.54 Å². The Morgan fingerprint density at radius 2 is 2.21 bits per heavy atom. The largest absolute Gasteiger partial charge is 0.491 e. The second-order valence-electron chi connectivity index (χ2n) is 6.01. The number of likely N-dealkylation sites (tertiary alicyclic amines) is 1. The maximum atomic E-state index is 12.8. The normalized spacial score (nSPS) is 17.0. The Balaban J connectivity index is 1.82. The number of nitrogens with one attached hydrogen (secondary N) is 1. The molecule has 0 spiro atoms. The highest BCUT2D eigenvalue weighted by Gasteiger charge is 2.31. The molecule has 0 aliphatic carbocycles. The van der Waals surface area contributed by atoms with Crippen LogP contribution in [0.5, 0.6) is 5.75 Å². The number of carbonyl (C=O) groups is 1. The number of aryl methyl sites for hydroxylation is 1. The van der Waals surface area contributed by atoms with Gasteiger partial charge in [0.15, 0.2) is 11.6 Å². The fraction of sp³-hybridized carbons (Fsp3) is 0.389. The van der Waals surface area contributed by atoms with E-state index in [2.05, 4.69) is 47.3 Å². The van der Waals surface area contributed by atoms with Crippen molar-refractivity contribution < 1.29 is 9.53 Å². The van der Waals surface area contributed by atoms with Crippen molar-refractivity contribution in [3.63, 3.8) is 0 Å². The molecule has 1 aliphatic rings. The van der Waals surface area contributed by atoms with E-state index in [1.807, 2.05) is 4.90 Å². The monoisotopic (exact) mass is 326 g/mol. The first-order valence-corrected chi connectivity index (χ1v) is 8.09. The Kier molecular flexibility index (Phi) is 4.64. The number of hydrogen-bond donors (Lipinski definition) is 1. The molecule has 1 saturated heterocycles. The van der Waals surface area contributed by atoms with Crippen LogP contribution in [-0.4, -0.2) is 34.6 Å². The maximum absolute atomic E-state index is 12.8. The van der Waals surface area contributed by atoms with Crippen molar-refractivity contribution in [3.8, 4) is 5.75 Å². The first-order chi connectivity index (χ1) is 11.6. The lowest BCUT2D eigenvalue weighted by Crippen LogP contribution is -2.35. The van der Waals surface area contributed by atoms with Crippen molar-refractivity contribution in [1.82, 2.24) is 14.9 Å². The van der Waals surface area contributed by atoms with Gasteiger partial charge < -0.3 is 9.64 Å². The third-order valence-electron chi connectivity index (χ3n) is 4.64. The van der Waals surface area contributed by atoms with Crippen LogP contribution in [0.1, 0.15) is 35.6 Å². The fourth-order valence-electron chi connectivity index (χ4n) is 3.20. The fourth-order valence-corrected chi connectivity index (χ4v) is 3.20. The summed E-state index contributed by atoms with van der Waals surface area (Å²) in [4.78, 5) is 22.6. The van der Waals surface area contributed by atoms with Gasteiger partial charge in [-0.25, -0.2) is 14.8 Å². The Labute approximate surface area is 141 Å². The lowest BCUT2D eigenvalue weighted by atomic mass is 9.96. The van der Waals surface area contributed by atoms with Crippen LogP contribution in [0.2, 0.25) is 0 Å². The molecule has 1 N–H and O–H groups in total. The Hall–Kier alpha value is -2.63. The summed E-state index contributed by atoms with van der Waals surface area (Å²) in [6.07, 6.45) is 4.89. The number of benzene rings is 1. The number of ether oxygens (including phenoxy) is 1. The van der Waals surface area contributed by atoms with E-state index in [1.54, 1.807) is 0 Å². The van der Waals surface area contributed by atoms with Crippen molar-refractivity contribution in [3.05, 3.63) is 47.4 Å². The van der Waals surface area contributed by atoms with Gasteiger partial charge in [-0.1, -0.05) is 18.2 Å². The highest BCUT2D eigenvalue weighted by molar-refractivity contribution is 5.90. The number of nitrogens with zero attached hydrogens (tertiary/aromatic N) is 3. The zero-order chi connectivity index (χ0) is 17.1. The van der Waals surface area contributed by atoms with Crippen LogP contribution in [0.4, 0.5) is 10.6 Å². The van der Waals surface area contributed by atoms with E-state index < -0.39 is 0 Å². The number of anilines is 1. The number of urea groups is 1. The minimum Gasteiger partial charge on any atom is -0.491 e. The lowest BCUT2D eigenvalue weighted by Gasteiger charge is -2.27. The van der Waals surface area contributed by atoms with Gasteiger partial charge in [-0.05, 0) is 43.4 Å². The van der Waals surface area contributed by atoms with Gasteiger partial charge in [0.1, 0.15) is 6.33 Å². The van der Waals surface area contributed by atoms with E-state index in [-0.39, 0.29) is 12.1 Å².